The van der Waals surface area contributed by atoms with Gasteiger partial charge in [0.2, 0.25) is 5.95 Å². The van der Waals surface area contributed by atoms with Crippen LogP contribution < -0.4 is 10.2 Å². The summed E-state index contributed by atoms with van der Waals surface area (Å²) in [5.41, 5.74) is 1.60. The van der Waals surface area contributed by atoms with Crippen LogP contribution in [0.2, 0.25) is 0 Å². The second-order valence-corrected chi connectivity index (χ2v) is 4.65. The molecule has 0 aromatic carbocycles. The third-order valence-corrected chi connectivity index (χ3v) is 2.76. The van der Waals surface area contributed by atoms with E-state index in [1.165, 1.54) is 0 Å². The third kappa shape index (κ3) is 2.37. The molecule has 0 saturated heterocycles. The van der Waals surface area contributed by atoms with Gasteiger partial charge in [0.15, 0.2) is 11.5 Å². The molecule has 6 nitrogen and oxygen atoms in total. The van der Waals surface area contributed by atoms with Crippen LogP contribution in [0.4, 0.5) is 11.8 Å². The Hall–Kier alpha value is -1.85. The van der Waals surface area contributed by atoms with Crippen molar-refractivity contribution in [1.82, 2.24) is 19.9 Å². The smallest absolute Gasteiger partial charge is 0.226 e. The molecule has 2 N–H and O–H groups in total. The number of hydrogen-bond donors (Lipinski definition) is 2. The molecular weight excluding hydrogens is 228 g/mol. The Bertz CT molecular complexity index is 518. The Morgan fingerprint density at radius 1 is 1.39 bits per heavy atom. The Kier molecular flexibility index (Phi) is 3.64. The van der Waals surface area contributed by atoms with E-state index < -0.39 is 0 Å². The van der Waals surface area contributed by atoms with Gasteiger partial charge in [-0.3, -0.25) is 0 Å². The highest BCUT2D eigenvalue weighted by molar-refractivity contribution is 5.84. The van der Waals surface area contributed by atoms with Crippen molar-refractivity contribution in [3.05, 3.63) is 6.33 Å². The molecule has 18 heavy (non-hydrogen) atoms. The van der Waals surface area contributed by atoms with Crippen LogP contribution >= 0.6 is 0 Å². The lowest BCUT2D eigenvalue weighted by Gasteiger charge is -2.24. The maximum Gasteiger partial charge on any atom is 0.226 e. The molecule has 98 valence electrons. The summed E-state index contributed by atoms with van der Waals surface area (Å²) in [6.07, 6.45) is 1.66. The topological polar surface area (TPSA) is 69.7 Å². The molecule has 0 aliphatic rings. The van der Waals surface area contributed by atoms with Crippen molar-refractivity contribution in [2.45, 2.75) is 20.8 Å². The van der Waals surface area contributed by atoms with Crippen LogP contribution in [0.25, 0.3) is 11.2 Å². The van der Waals surface area contributed by atoms with Gasteiger partial charge in [0, 0.05) is 20.1 Å². The van der Waals surface area contributed by atoms with E-state index in [2.05, 4.69) is 50.9 Å². The first-order valence-corrected chi connectivity index (χ1v) is 6.29. The van der Waals surface area contributed by atoms with Crippen molar-refractivity contribution < 1.29 is 0 Å². The first-order valence-electron chi connectivity index (χ1n) is 6.29. The van der Waals surface area contributed by atoms with Gasteiger partial charge in [0.25, 0.3) is 0 Å². The SMILES string of the molecule is CCN(CC(C)C)c1nc(NC)nc2nc[nH]c12. The highest BCUT2D eigenvalue weighted by atomic mass is 15.2. The normalized spacial score (nSPS) is 11.2. The van der Waals surface area contributed by atoms with Gasteiger partial charge in [-0.2, -0.15) is 9.97 Å². The fourth-order valence-corrected chi connectivity index (χ4v) is 1.96. The minimum Gasteiger partial charge on any atom is -0.357 e. The van der Waals surface area contributed by atoms with Crippen LogP contribution in [0.5, 0.6) is 0 Å². The van der Waals surface area contributed by atoms with Crippen LogP contribution in [0.3, 0.4) is 0 Å². The van der Waals surface area contributed by atoms with Crippen molar-refractivity contribution in [2.24, 2.45) is 5.92 Å². The van der Waals surface area contributed by atoms with Gasteiger partial charge < -0.3 is 15.2 Å². The summed E-state index contributed by atoms with van der Waals surface area (Å²) >= 11 is 0. The van der Waals surface area contributed by atoms with E-state index in [1.54, 1.807) is 6.33 Å². The largest absolute Gasteiger partial charge is 0.357 e. The molecule has 0 atom stereocenters. The summed E-state index contributed by atoms with van der Waals surface area (Å²) in [7, 11) is 1.82. The molecule has 0 bridgehead atoms. The van der Waals surface area contributed by atoms with E-state index in [9.17, 15) is 0 Å². The summed E-state index contributed by atoms with van der Waals surface area (Å²) in [6, 6.07) is 0. The number of aromatic amines is 1. The molecule has 0 saturated carbocycles. The molecule has 0 aliphatic carbocycles. The molecule has 0 unspecified atom stereocenters. The van der Waals surface area contributed by atoms with Gasteiger partial charge >= 0.3 is 0 Å². The van der Waals surface area contributed by atoms with E-state index in [0.29, 0.717) is 17.5 Å². The van der Waals surface area contributed by atoms with Crippen molar-refractivity contribution in [3.63, 3.8) is 0 Å². The number of anilines is 2. The first-order chi connectivity index (χ1) is 8.65. The molecule has 0 spiro atoms. The number of imidazole rings is 1. The van der Waals surface area contributed by atoms with Crippen LogP contribution in [0.15, 0.2) is 6.33 Å². The van der Waals surface area contributed by atoms with Gasteiger partial charge in [-0.1, -0.05) is 13.8 Å². The van der Waals surface area contributed by atoms with Crippen LogP contribution in [0, 0.1) is 5.92 Å². The molecule has 2 heterocycles. The summed E-state index contributed by atoms with van der Waals surface area (Å²) in [5, 5.41) is 2.98. The lowest BCUT2D eigenvalue weighted by Crippen LogP contribution is -2.28. The fourth-order valence-electron chi connectivity index (χ4n) is 1.96. The fraction of sp³-hybridized carbons (Fsp3) is 0.583. The number of nitrogens with one attached hydrogen (secondary N) is 2. The van der Waals surface area contributed by atoms with E-state index in [-0.39, 0.29) is 0 Å². The quantitative estimate of drug-likeness (QED) is 0.845. The average Bonchev–Trinajstić information content (AvgIpc) is 2.82. The second kappa shape index (κ2) is 5.20. The Morgan fingerprint density at radius 3 is 2.78 bits per heavy atom. The van der Waals surface area contributed by atoms with E-state index in [4.69, 9.17) is 0 Å². The number of fused-ring (bicyclic) bond motifs is 1. The van der Waals surface area contributed by atoms with Crippen LogP contribution in [-0.4, -0.2) is 40.1 Å². The lowest BCUT2D eigenvalue weighted by molar-refractivity contribution is 0.615. The van der Waals surface area contributed by atoms with Crippen molar-refractivity contribution >= 4 is 22.9 Å². The Balaban J connectivity index is 2.49. The van der Waals surface area contributed by atoms with Gasteiger partial charge in [-0.25, -0.2) is 4.98 Å². The van der Waals surface area contributed by atoms with Crippen molar-refractivity contribution in [2.75, 3.05) is 30.4 Å². The van der Waals surface area contributed by atoms with Gasteiger partial charge in [0.05, 0.1) is 6.33 Å². The van der Waals surface area contributed by atoms with Crippen LogP contribution in [-0.2, 0) is 0 Å². The summed E-state index contributed by atoms with van der Waals surface area (Å²) in [6.45, 7) is 8.41. The van der Waals surface area contributed by atoms with Gasteiger partial charge in [-0.15, -0.1) is 0 Å². The average molecular weight is 248 g/mol. The number of H-pyrrole nitrogens is 1. The van der Waals surface area contributed by atoms with Crippen LogP contribution in [0.1, 0.15) is 20.8 Å². The lowest BCUT2D eigenvalue weighted by atomic mass is 10.2. The predicted octanol–water partition coefficient (Wildman–Crippen LogP) is 1.88. The molecule has 0 amide bonds. The maximum atomic E-state index is 4.55. The summed E-state index contributed by atoms with van der Waals surface area (Å²) in [4.78, 5) is 18.4. The van der Waals surface area contributed by atoms with Gasteiger partial charge in [0.1, 0.15) is 5.52 Å². The van der Waals surface area contributed by atoms with E-state index in [0.717, 1.165) is 24.4 Å². The molecule has 0 radical (unpaired) electrons. The number of rotatable bonds is 5. The Morgan fingerprint density at radius 2 is 2.17 bits per heavy atom. The molecule has 2 rings (SSSR count). The van der Waals surface area contributed by atoms with Crippen molar-refractivity contribution in [3.8, 4) is 0 Å². The third-order valence-electron chi connectivity index (χ3n) is 2.76. The molecular formula is C12H20N6. The monoisotopic (exact) mass is 248 g/mol. The number of aromatic nitrogens is 4. The van der Waals surface area contributed by atoms with Gasteiger partial charge in [-0.05, 0) is 12.8 Å². The summed E-state index contributed by atoms with van der Waals surface area (Å²) in [5.74, 6) is 2.10. The molecule has 0 aliphatic heterocycles. The molecule has 2 aromatic heterocycles. The predicted molar refractivity (Wildman–Crippen MR) is 74.0 cm³/mol. The van der Waals surface area contributed by atoms with E-state index in [1.807, 2.05) is 7.05 Å². The molecule has 0 fully saturated rings. The number of hydrogen-bond acceptors (Lipinski definition) is 5. The zero-order valence-corrected chi connectivity index (χ0v) is 11.4. The summed E-state index contributed by atoms with van der Waals surface area (Å²) < 4.78 is 0. The first kappa shape index (κ1) is 12.6. The molecule has 6 heteroatoms. The van der Waals surface area contributed by atoms with Crippen molar-refractivity contribution in [1.29, 1.82) is 0 Å². The highest BCUT2D eigenvalue weighted by Gasteiger charge is 2.15. The zero-order valence-electron chi connectivity index (χ0n) is 11.4. The number of nitrogens with zero attached hydrogens (tertiary/aromatic N) is 4. The van der Waals surface area contributed by atoms with E-state index >= 15 is 0 Å². The standard InChI is InChI=1S/C12H20N6/c1-5-18(6-8(2)3)11-9-10(15-7-14-9)16-12(13-4)17-11/h7-8H,5-6H2,1-4H3,(H2,13,14,15,16,17). The second-order valence-electron chi connectivity index (χ2n) is 4.65. The Labute approximate surface area is 107 Å². The minimum absolute atomic E-state index is 0.580. The highest BCUT2D eigenvalue weighted by Crippen LogP contribution is 2.23. The zero-order chi connectivity index (χ0) is 13.1. The molecule has 2 aromatic rings. The minimum atomic E-state index is 0.580. The maximum absolute atomic E-state index is 4.55.